The zero-order valence-electron chi connectivity index (χ0n) is 9.04. The smallest absolute Gasteiger partial charge is 0.150 e. The Hall–Kier alpha value is -1.03. The van der Waals surface area contributed by atoms with E-state index in [9.17, 15) is 0 Å². The van der Waals surface area contributed by atoms with Crippen LogP contribution in [0.25, 0.3) is 0 Å². The first-order chi connectivity index (χ1) is 6.65. The van der Waals surface area contributed by atoms with Crippen LogP contribution in [0, 0.1) is 0 Å². The molecule has 3 N–H and O–H groups in total. The highest BCUT2D eigenvalue weighted by Crippen LogP contribution is 2.37. The Morgan fingerprint density at radius 2 is 2.36 bits per heavy atom. The van der Waals surface area contributed by atoms with E-state index in [1.165, 1.54) is 11.3 Å². The van der Waals surface area contributed by atoms with Gasteiger partial charge in [0.15, 0.2) is 0 Å². The molecule has 4 heteroatoms. The molecule has 0 saturated carbocycles. The highest BCUT2D eigenvalue weighted by molar-refractivity contribution is 5.45. The average Bonchev–Trinajstić information content (AvgIpc) is 2.66. The summed E-state index contributed by atoms with van der Waals surface area (Å²) in [7, 11) is 0. The molecule has 2 rings (SSSR count). The molecule has 1 atom stereocenters. The van der Waals surface area contributed by atoms with E-state index < -0.39 is 0 Å². The van der Waals surface area contributed by atoms with Crippen molar-refractivity contribution in [2.24, 2.45) is 0 Å². The molecule has 0 bridgehead atoms. The zero-order valence-corrected chi connectivity index (χ0v) is 9.04. The van der Waals surface area contributed by atoms with Crippen molar-refractivity contribution < 1.29 is 0 Å². The molecule has 0 fully saturated rings. The SMILES string of the molecule is CCC1c2[nH]nc(N)c2CN1C(C)C. The lowest BCUT2D eigenvalue weighted by atomic mass is 10.1. The van der Waals surface area contributed by atoms with Crippen molar-refractivity contribution in [2.45, 2.75) is 45.8 Å². The fourth-order valence-corrected chi connectivity index (χ4v) is 2.27. The first-order valence-electron chi connectivity index (χ1n) is 5.23. The van der Waals surface area contributed by atoms with Crippen LogP contribution in [0.1, 0.15) is 44.5 Å². The Balaban J connectivity index is 2.34. The number of hydrogen-bond acceptors (Lipinski definition) is 3. The summed E-state index contributed by atoms with van der Waals surface area (Å²) >= 11 is 0. The fourth-order valence-electron chi connectivity index (χ4n) is 2.27. The first kappa shape index (κ1) is 9.52. The van der Waals surface area contributed by atoms with Crippen LogP contribution in [0.5, 0.6) is 0 Å². The van der Waals surface area contributed by atoms with Crippen LogP contribution in [0.3, 0.4) is 0 Å². The number of nitrogens with one attached hydrogen (secondary N) is 1. The predicted molar refractivity (Wildman–Crippen MR) is 56.7 cm³/mol. The van der Waals surface area contributed by atoms with Crippen molar-refractivity contribution in [3.05, 3.63) is 11.3 Å². The molecule has 1 aliphatic rings. The van der Waals surface area contributed by atoms with Gasteiger partial charge in [-0.25, -0.2) is 0 Å². The van der Waals surface area contributed by atoms with Gasteiger partial charge in [-0.2, -0.15) is 5.10 Å². The molecule has 0 aromatic carbocycles. The number of rotatable bonds is 2. The number of nitrogens with two attached hydrogens (primary N) is 1. The molecule has 1 unspecified atom stereocenters. The summed E-state index contributed by atoms with van der Waals surface area (Å²) in [6, 6.07) is 1.02. The minimum absolute atomic E-state index is 0.467. The van der Waals surface area contributed by atoms with Gasteiger partial charge < -0.3 is 5.73 Å². The van der Waals surface area contributed by atoms with E-state index in [1.54, 1.807) is 0 Å². The molecular weight excluding hydrogens is 176 g/mol. The Morgan fingerprint density at radius 3 is 2.93 bits per heavy atom. The van der Waals surface area contributed by atoms with E-state index in [-0.39, 0.29) is 0 Å². The molecule has 1 aliphatic heterocycles. The first-order valence-corrected chi connectivity index (χ1v) is 5.23. The number of nitrogens with zero attached hydrogens (tertiary/aromatic N) is 2. The third-order valence-corrected chi connectivity index (χ3v) is 3.06. The number of hydrogen-bond donors (Lipinski definition) is 2. The third-order valence-electron chi connectivity index (χ3n) is 3.06. The van der Waals surface area contributed by atoms with E-state index in [2.05, 4.69) is 35.9 Å². The van der Waals surface area contributed by atoms with E-state index in [4.69, 9.17) is 5.73 Å². The van der Waals surface area contributed by atoms with E-state index >= 15 is 0 Å². The minimum atomic E-state index is 0.467. The second kappa shape index (κ2) is 3.28. The summed E-state index contributed by atoms with van der Waals surface area (Å²) in [5.41, 5.74) is 8.22. The van der Waals surface area contributed by atoms with Gasteiger partial charge >= 0.3 is 0 Å². The standard InChI is InChI=1S/C10H18N4/c1-4-8-9-7(10(11)13-12-9)5-14(8)6(2)3/h6,8H,4-5H2,1-3H3,(H3,11,12,13). The van der Waals surface area contributed by atoms with Crippen molar-refractivity contribution in [1.29, 1.82) is 0 Å². The third kappa shape index (κ3) is 1.21. The van der Waals surface area contributed by atoms with E-state index in [0.29, 0.717) is 17.9 Å². The molecule has 0 spiro atoms. The van der Waals surface area contributed by atoms with Crippen LogP contribution in [-0.2, 0) is 6.54 Å². The number of aromatic nitrogens is 2. The van der Waals surface area contributed by atoms with Crippen molar-refractivity contribution in [1.82, 2.24) is 15.1 Å². The molecule has 0 radical (unpaired) electrons. The Bertz CT molecular complexity index is 329. The Kier molecular flexibility index (Phi) is 2.23. The number of aromatic amines is 1. The van der Waals surface area contributed by atoms with Crippen LogP contribution in [0.4, 0.5) is 5.82 Å². The Labute approximate surface area is 84.5 Å². The lowest BCUT2D eigenvalue weighted by Gasteiger charge is -2.27. The van der Waals surface area contributed by atoms with E-state index in [0.717, 1.165) is 13.0 Å². The number of H-pyrrole nitrogens is 1. The fraction of sp³-hybridized carbons (Fsp3) is 0.700. The largest absolute Gasteiger partial charge is 0.382 e. The van der Waals surface area contributed by atoms with Crippen molar-refractivity contribution in [2.75, 3.05) is 5.73 Å². The monoisotopic (exact) mass is 194 g/mol. The maximum atomic E-state index is 5.80. The van der Waals surface area contributed by atoms with Gasteiger partial charge in [-0.05, 0) is 20.3 Å². The van der Waals surface area contributed by atoms with Gasteiger partial charge in [0.05, 0.1) is 11.7 Å². The van der Waals surface area contributed by atoms with Crippen molar-refractivity contribution >= 4 is 5.82 Å². The second-order valence-electron chi connectivity index (χ2n) is 4.19. The summed E-state index contributed by atoms with van der Waals surface area (Å²) in [4.78, 5) is 2.46. The molecule has 0 saturated heterocycles. The molecule has 78 valence electrons. The molecule has 1 aromatic rings. The highest BCUT2D eigenvalue weighted by atomic mass is 15.3. The predicted octanol–water partition coefficient (Wildman–Crippen LogP) is 1.67. The van der Waals surface area contributed by atoms with Gasteiger partial charge in [0.2, 0.25) is 0 Å². The summed E-state index contributed by atoms with van der Waals surface area (Å²) < 4.78 is 0. The van der Waals surface area contributed by atoms with Crippen LogP contribution in [0.2, 0.25) is 0 Å². The van der Waals surface area contributed by atoms with Gasteiger partial charge in [-0.3, -0.25) is 10.00 Å². The molecule has 0 aliphatic carbocycles. The lowest BCUT2D eigenvalue weighted by Crippen LogP contribution is -2.29. The zero-order chi connectivity index (χ0) is 10.3. The normalized spacial score (nSPS) is 21.9. The number of anilines is 1. The molecular formula is C10H18N4. The van der Waals surface area contributed by atoms with Crippen LogP contribution >= 0.6 is 0 Å². The number of nitrogen functional groups attached to an aromatic ring is 1. The van der Waals surface area contributed by atoms with E-state index in [1.807, 2.05) is 0 Å². The van der Waals surface area contributed by atoms with Gasteiger partial charge in [0.25, 0.3) is 0 Å². The maximum absolute atomic E-state index is 5.80. The second-order valence-corrected chi connectivity index (χ2v) is 4.19. The summed E-state index contributed by atoms with van der Waals surface area (Å²) in [5, 5.41) is 7.11. The molecule has 14 heavy (non-hydrogen) atoms. The van der Waals surface area contributed by atoms with Crippen LogP contribution in [0.15, 0.2) is 0 Å². The summed E-state index contributed by atoms with van der Waals surface area (Å²) in [6.45, 7) is 7.58. The van der Waals surface area contributed by atoms with Crippen LogP contribution < -0.4 is 5.73 Å². The van der Waals surface area contributed by atoms with Gasteiger partial charge in [0.1, 0.15) is 5.82 Å². The average molecular weight is 194 g/mol. The molecule has 2 heterocycles. The van der Waals surface area contributed by atoms with Crippen molar-refractivity contribution in [3.8, 4) is 0 Å². The molecule has 1 aromatic heterocycles. The highest BCUT2D eigenvalue weighted by Gasteiger charge is 2.33. The molecule has 4 nitrogen and oxygen atoms in total. The van der Waals surface area contributed by atoms with Gasteiger partial charge in [-0.15, -0.1) is 0 Å². The maximum Gasteiger partial charge on any atom is 0.150 e. The topological polar surface area (TPSA) is 57.9 Å². The summed E-state index contributed by atoms with van der Waals surface area (Å²) in [5.74, 6) is 0.668. The van der Waals surface area contributed by atoms with Gasteiger partial charge in [-0.1, -0.05) is 6.92 Å². The number of fused-ring (bicyclic) bond motifs is 1. The Morgan fingerprint density at radius 1 is 1.64 bits per heavy atom. The minimum Gasteiger partial charge on any atom is -0.382 e. The summed E-state index contributed by atoms with van der Waals surface area (Å²) in [6.07, 6.45) is 1.10. The van der Waals surface area contributed by atoms with Crippen LogP contribution in [-0.4, -0.2) is 21.1 Å². The lowest BCUT2D eigenvalue weighted by molar-refractivity contribution is 0.161. The molecule has 0 amide bonds. The van der Waals surface area contributed by atoms with Crippen molar-refractivity contribution in [3.63, 3.8) is 0 Å². The van der Waals surface area contributed by atoms with Gasteiger partial charge in [0, 0.05) is 18.2 Å². The quantitative estimate of drug-likeness (QED) is 0.753.